The molecule has 2 bridgehead atoms. The molecule has 28 heavy (non-hydrogen) atoms. The number of quaternary nitrogens is 1. The van der Waals surface area contributed by atoms with Gasteiger partial charge in [0, 0.05) is 29.7 Å². The minimum Gasteiger partial charge on any atom is -0.508 e. The molecule has 4 rings (SSSR count). The van der Waals surface area contributed by atoms with E-state index in [0.29, 0.717) is 17.7 Å². The van der Waals surface area contributed by atoms with Crippen LogP contribution in [0.4, 0.5) is 0 Å². The van der Waals surface area contributed by atoms with E-state index in [1.807, 2.05) is 12.1 Å². The van der Waals surface area contributed by atoms with Crippen LogP contribution in [0.1, 0.15) is 50.8 Å². The van der Waals surface area contributed by atoms with E-state index >= 15 is 0 Å². The highest BCUT2D eigenvalue weighted by Crippen LogP contribution is 2.52. The molecule has 4 unspecified atom stereocenters. The number of phenols is 1. The molecular formula is C26H34NO+. The van der Waals surface area contributed by atoms with Crippen molar-refractivity contribution in [3.63, 3.8) is 0 Å². The Labute approximate surface area is 170 Å². The summed E-state index contributed by atoms with van der Waals surface area (Å²) in [5, 5.41) is 10.1. The Balaban J connectivity index is 1.78. The summed E-state index contributed by atoms with van der Waals surface area (Å²) in [6, 6.07) is 17.7. The molecule has 148 valence electrons. The maximum absolute atomic E-state index is 10.1. The number of rotatable bonds is 4. The third kappa shape index (κ3) is 3.18. The highest BCUT2D eigenvalue weighted by molar-refractivity contribution is 5.43. The fourth-order valence-electron chi connectivity index (χ4n) is 5.80. The van der Waals surface area contributed by atoms with E-state index in [0.717, 1.165) is 24.0 Å². The number of hydrogen-bond donors (Lipinski definition) is 1. The van der Waals surface area contributed by atoms with Gasteiger partial charge < -0.3 is 9.59 Å². The smallest absolute Gasteiger partial charge is 0.115 e. The molecular weight excluding hydrogens is 342 g/mol. The molecule has 0 radical (unpaired) electrons. The molecule has 2 aliphatic rings. The predicted octanol–water partition coefficient (Wildman–Crippen LogP) is 5.60. The molecule has 0 aromatic heterocycles. The van der Waals surface area contributed by atoms with Gasteiger partial charge >= 0.3 is 0 Å². The van der Waals surface area contributed by atoms with Crippen LogP contribution in [-0.2, 0) is 18.4 Å². The lowest BCUT2D eigenvalue weighted by Gasteiger charge is -2.59. The maximum Gasteiger partial charge on any atom is 0.115 e. The Kier molecular flexibility index (Phi) is 4.87. The second-order valence-electron chi connectivity index (χ2n) is 9.62. The third-order valence-electron chi connectivity index (χ3n) is 7.70. The Morgan fingerprint density at radius 3 is 2.64 bits per heavy atom. The van der Waals surface area contributed by atoms with E-state index < -0.39 is 0 Å². The highest BCUT2D eigenvalue weighted by atomic mass is 16.3. The van der Waals surface area contributed by atoms with Crippen molar-refractivity contribution in [3.05, 3.63) is 76.9 Å². The minimum absolute atomic E-state index is 0.153. The number of benzene rings is 2. The monoisotopic (exact) mass is 376 g/mol. The SMILES string of the molecule is CC(C)=CC[N+]1(Cc2ccccc2)CCC2(C)c3cc(O)ccc3CC1C2C. The van der Waals surface area contributed by atoms with E-state index in [1.54, 1.807) is 0 Å². The van der Waals surface area contributed by atoms with Gasteiger partial charge in [0.2, 0.25) is 0 Å². The van der Waals surface area contributed by atoms with Crippen molar-refractivity contribution in [1.29, 1.82) is 0 Å². The van der Waals surface area contributed by atoms with Gasteiger partial charge in [-0.05, 0) is 43.2 Å². The largest absolute Gasteiger partial charge is 0.508 e. The molecule has 1 fully saturated rings. The highest BCUT2D eigenvalue weighted by Gasteiger charge is 2.55. The number of allylic oxidation sites excluding steroid dienone is 1. The fraction of sp³-hybridized carbons (Fsp3) is 0.462. The molecule has 1 aliphatic heterocycles. The first-order valence-corrected chi connectivity index (χ1v) is 10.7. The number of likely N-dealkylation sites (tertiary alicyclic amines) is 1. The van der Waals surface area contributed by atoms with Crippen molar-refractivity contribution in [3.8, 4) is 5.75 Å². The summed E-state index contributed by atoms with van der Waals surface area (Å²) in [5.41, 5.74) is 5.83. The van der Waals surface area contributed by atoms with Gasteiger partial charge in [-0.25, -0.2) is 0 Å². The Hall–Kier alpha value is -2.06. The van der Waals surface area contributed by atoms with Gasteiger partial charge in [0.1, 0.15) is 12.3 Å². The number of phenolic OH excluding ortho intramolecular Hbond substituents is 1. The van der Waals surface area contributed by atoms with E-state index in [2.05, 4.69) is 70.2 Å². The quantitative estimate of drug-likeness (QED) is 0.544. The van der Waals surface area contributed by atoms with Crippen LogP contribution < -0.4 is 0 Å². The van der Waals surface area contributed by atoms with Gasteiger partial charge in [-0.2, -0.15) is 0 Å². The van der Waals surface area contributed by atoms with Gasteiger partial charge in [-0.3, -0.25) is 0 Å². The third-order valence-corrected chi connectivity index (χ3v) is 7.70. The summed E-state index contributed by atoms with van der Waals surface area (Å²) in [7, 11) is 0. The molecule has 2 heteroatoms. The van der Waals surface area contributed by atoms with E-state index in [-0.39, 0.29) is 5.41 Å². The van der Waals surface area contributed by atoms with Crippen LogP contribution in [0.15, 0.2) is 60.2 Å². The summed E-state index contributed by atoms with van der Waals surface area (Å²) < 4.78 is 1.15. The van der Waals surface area contributed by atoms with Gasteiger partial charge in [-0.1, -0.05) is 55.8 Å². The van der Waals surface area contributed by atoms with Gasteiger partial charge in [0.05, 0.1) is 19.1 Å². The Morgan fingerprint density at radius 1 is 1.18 bits per heavy atom. The molecule has 2 aromatic rings. The van der Waals surface area contributed by atoms with Crippen LogP contribution >= 0.6 is 0 Å². The Morgan fingerprint density at radius 2 is 1.93 bits per heavy atom. The topological polar surface area (TPSA) is 20.2 Å². The van der Waals surface area contributed by atoms with Gasteiger partial charge in [-0.15, -0.1) is 0 Å². The second kappa shape index (κ2) is 7.08. The number of piperidine rings is 1. The average molecular weight is 377 g/mol. The first-order valence-electron chi connectivity index (χ1n) is 10.7. The zero-order valence-corrected chi connectivity index (χ0v) is 17.8. The Bertz CT molecular complexity index is 883. The first-order chi connectivity index (χ1) is 13.3. The van der Waals surface area contributed by atoms with Crippen molar-refractivity contribution < 1.29 is 9.59 Å². The van der Waals surface area contributed by atoms with E-state index in [9.17, 15) is 5.11 Å². The summed E-state index contributed by atoms with van der Waals surface area (Å²) in [6.07, 6.45) is 4.73. The normalized spacial score (nSPS) is 31.1. The van der Waals surface area contributed by atoms with Crippen LogP contribution in [0, 0.1) is 5.92 Å². The van der Waals surface area contributed by atoms with Gasteiger partial charge in [0.25, 0.3) is 0 Å². The number of hydrogen-bond acceptors (Lipinski definition) is 1. The molecule has 0 saturated carbocycles. The standard InChI is InChI=1S/C26H33NO/c1-19(2)12-14-27(18-21-8-6-5-7-9-21)15-13-26(4)20(3)25(27)16-22-10-11-23(28)17-24(22)26/h5-12,17,20,25H,13-16,18H2,1-4H3/p+1. The molecule has 1 heterocycles. The molecule has 2 aromatic carbocycles. The first kappa shape index (κ1) is 19.3. The second-order valence-corrected chi connectivity index (χ2v) is 9.62. The van der Waals surface area contributed by atoms with Crippen molar-refractivity contribution in [2.45, 2.75) is 58.5 Å². The van der Waals surface area contributed by atoms with Crippen LogP contribution in [-0.4, -0.2) is 28.7 Å². The molecule has 2 nitrogen and oxygen atoms in total. The molecule has 1 aliphatic carbocycles. The van der Waals surface area contributed by atoms with Crippen LogP contribution in [0.3, 0.4) is 0 Å². The zero-order chi connectivity index (χ0) is 19.9. The van der Waals surface area contributed by atoms with Crippen molar-refractivity contribution in [2.24, 2.45) is 5.92 Å². The molecule has 0 amide bonds. The van der Waals surface area contributed by atoms with Crippen molar-refractivity contribution in [1.82, 2.24) is 0 Å². The lowest BCUT2D eigenvalue weighted by atomic mass is 9.58. The van der Waals surface area contributed by atoms with Crippen LogP contribution in [0.2, 0.25) is 0 Å². The van der Waals surface area contributed by atoms with Crippen molar-refractivity contribution >= 4 is 0 Å². The lowest BCUT2D eigenvalue weighted by molar-refractivity contribution is -0.969. The van der Waals surface area contributed by atoms with Crippen molar-refractivity contribution in [2.75, 3.05) is 13.1 Å². The predicted molar refractivity (Wildman–Crippen MR) is 116 cm³/mol. The summed E-state index contributed by atoms with van der Waals surface area (Å²) >= 11 is 0. The summed E-state index contributed by atoms with van der Waals surface area (Å²) in [4.78, 5) is 0. The lowest BCUT2D eigenvalue weighted by Crippen LogP contribution is -2.67. The summed E-state index contributed by atoms with van der Waals surface area (Å²) in [5.74, 6) is 0.996. The average Bonchev–Trinajstić information content (AvgIpc) is 2.67. The van der Waals surface area contributed by atoms with E-state index in [1.165, 1.54) is 35.2 Å². The van der Waals surface area contributed by atoms with Gasteiger partial charge in [0.15, 0.2) is 0 Å². The van der Waals surface area contributed by atoms with Crippen LogP contribution in [0.25, 0.3) is 0 Å². The number of nitrogens with zero attached hydrogens (tertiary/aromatic N) is 1. The summed E-state index contributed by atoms with van der Waals surface area (Å²) in [6.45, 7) is 12.7. The number of aromatic hydroxyl groups is 1. The zero-order valence-electron chi connectivity index (χ0n) is 17.8. The van der Waals surface area contributed by atoms with Crippen LogP contribution in [0.5, 0.6) is 5.75 Å². The molecule has 0 spiro atoms. The minimum atomic E-state index is 0.153. The fourth-order valence-corrected chi connectivity index (χ4v) is 5.80. The number of fused-ring (bicyclic) bond motifs is 4. The maximum atomic E-state index is 10.1. The molecule has 1 N–H and O–H groups in total. The van der Waals surface area contributed by atoms with E-state index in [4.69, 9.17) is 0 Å². The molecule has 1 saturated heterocycles. The molecule has 4 atom stereocenters.